The molecule has 1 aromatic rings. The minimum Gasteiger partial charge on any atom is -0.480 e. The number of aliphatic hydroxyl groups is 1. The van der Waals surface area contributed by atoms with Gasteiger partial charge in [0.25, 0.3) is 0 Å². The van der Waals surface area contributed by atoms with E-state index in [1.807, 2.05) is 42.2 Å². The summed E-state index contributed by atoms with van der Waals surface area (Å²) in [6.45, 7) is 2.03. The van der Waals surface area contributed by atoms with Crippen molar-refractivity contribution in [3.63, 3.8) is 0 Å². The molecule has 3 rings (SSSR count). The number of piperidine rings is 1. The molecule has 4 nitrogen and oxygen atoms in total. The highest BCUT2D eigenvalue weighted by atomic mass is 16.4. The molecule has 1 saturated carbocycles. The zero-order valence-electron chi connectivity index (χ0n) is 10.9. The highest BCUT2D eigenvalue weighted by molar-refractivity contribution is 5.75. The third-order valence-electron chi connectivity index (χ3n) is 4.72. The third kappa shape index (κ3) is 1.86. The lowest BCUT2D eigenvalue weighted by molar-refractivity contribution is -0.146. The van der Waals surface area contributed by atoms with Crippen LogP contribution in [0.15, 0.2) is 30.3 Å². The molecule has 0 amide bonds. The molecule has 0 spiro atoms. The van der Waals surface area contributed by atoms with Gasteiger partial charge in [-0.1, -0.05) is 30.3 Å². The van der Waals surface area contributed by atoms with Crippen molar-refractivity contribution in [2.75, 3.05) is 0 Å². The topological polar surface area (TPSA) is 60.8 Å². The number of carbonyl (C=O) groups is 1. The first-order chi connectivity index (χ1) is 9.11. The average Bonchev–Trinajstić information content (AvgIpc) is 2.92. The van der Waals surface area contributed by atoms with Crippen molar-refractivity contribution < 1.29 is 15.0 Å². The summed E-state index contributed by atoms with van der Waals surface area (Å²) in [6, 6.07) is 9.37. The Morgan fingerprint density at radius 1 is 1.32 bits per heavy atom. The number of carboxylic acid groups (broad SMARTS) is 1. The van der Waals surface area contributed by atoms with Crippen LogP contribution in [0, 0.1) is 5.92 Å². The van der Waals surface area contributed by atoms with E-state index in [1.54, 1.807) is 0 Å². The number of fused-ring (bicyclic) bond motifs is 2. The summed E-state index contributed by atoms with van der Waals surface area (Å²) >= 11 is 0. The number of nitrogens with zero attached hydrogens (tertiary/aromatic N) is 1. The van der Waals surface area contributed by atoms with Gasteiger partial charge in [0.05, 0.1) is 6.10 Å². The predicted octanol–water partition coefficient (Wildman–Crippen LogP) is 1.66. The van der Waals surface area contributed by atoms with Crippen molar-refractivity contribution in [1.82, 2.24) is 4.90 Å². The smallest absolute Gasteiger partial charge is 0.321 e. The molecule has 1 heterocycles. The maximum Gasteiger partial charge on any atom is 0.321 e. The molecular formula is C15H19NO3. The molecule has 2 fully saturated rings. The summed E-state index contributed by atoms with van der Waals surface area (Å²) in [5, 5.41) is 19.7. The Kier molecular flexibility index (Phi) is 3.07. The second kappa shape index (κ2) is 4.62. The fraction of sp³-hybridized carbons (Fsp3) is 0.533. The predicted molar refractivity (Wildman–Crippen MR) is 70.6 cm³/mol. The minimum absolute atomic E-state index is 0.0127. The fourth-order valence-electron chi connectivity index (χ4n) is 3.83. The van der Waals surface area contributed by atoms with Gasteiger partial charge in [0, 0.05) is 18.0 Å². The third-order valence-corrected chi connectivity index (χ3v) is 4.72. The van der Waals surface area contributed by atoms with Crippen LogP contribution in [-0.4, -0.2) is 39.3 Å². The summed E-state index contributed by atoms with van der Waals surface area (Å²) in [5.74, 6) is -0.928. The van der Waals surface area contributed by atoms with E-state index in [4.69, 9.17) is 0 Å². The molecule has 1 saturated heterocycles. The van der Waals surface area contributed by atoms with Crippen LogP contribution in [0.1, 0.15) is 31.4 Å². The van der Waals surface area contributed by atoms with Crippen molar-refractivity contribution in [1.29, 1.82) is 0 Å². The zero-order valence-corrected chi connectivity index (χ0v) is 10.9. The molecular weight excluding hydrogens is 242 g/mol. The standard InChI is InChI=1S/C15H19NO3/c1-9(10-5-3-2-4-6-10)16-12-8-7-11(14(12)17)13(16)15(18)19/h2-6,9,11-14,17H,7-8H2,1H3,(H,18,19)/t9-,11-,12-,13+,14?/m1/s1. The molecule has 102 valence electrons. The molecule has 2 aliphatic rings. The highest BCUT2D eigenvalue weighted by Gasteiger charge is 2.56. The first kappa shape index (κ1) is 12.6. The van der Waals surface area contributed by atoms with E-state index in [0.717, 1.165) is 18.4 Å². The van der Waals surface area contributed by atoms with Crippen LogP contribution in [0.5, 0.6) is 0 Å². The second-order valence-corrected chi connectivity index (χ2v) is 5.62. The Morgan fingerprint density at radius 2 is 2.00 bits per heavy atom. The van der Waals surface area contributed by atoms with Crippen LogP contribution in [-0.2, 0) is 4.79 Å². The molecule has 1 aliphatic heterocycles. The van der Waals surface area contributed by atoms with Gasteiger partial charge in [-0.25, -0.2) is 0 Å². The summed E-state index contributed by atoms with van der Waals surface area (Å²) in [7, 11) is 0. The highest BCUT2D eigenvalue weighted by Crippen LogP contribution is 2.46. The number of benzene rings is 1. The van der Waals surface area contributed by atoms with Crippen LogP contribution in [0.25, 0.3) is 0 Å². The first-order valence-corrected chi connectivity index (χ1v) is 6.84. The Bertz CT molecular complexity index is 476. The summed E-state index contributed by atoms with van der Waals surface area (Å²) in [6.07, 6.45) is 1.22. The largest absolute Gasteiger partial charge is 0.480 e. The molecule has 0 radical (unpaired) electrons. The normalized spacial score (nSPS) is 35.5. The monoisotopic (exact) mass is 261 g/mol. The van der Waals surface area contributed by atoms with E-state index in [0.29, 0.717) is 0 Å². The van der Waals surface area contributed by atoms with Gasteiger partial charge < -0.3 is 10.2 Å². The second-order valence-electron chi connectivity index (χ2n) is 5.62. The Labute approximate surface area is 112 Å². The Hall–Kier alpha value is -1.39. The Balaban J connectivity index is 1.92. The molecule has 1 aliphatic carbocycles. The van der Waals surface area contributed by atoms with Crippen molar-refractivity contribution in [2.45, 2.75) is 44.0 Å². The van der Waals surface area contributed by atoms with Gasteiger partial charge in [0.15, 0.2) is 0 Å². The molecule has 1 aromatic carbocycles. The van der Waals surface area contributed by atoms with Gasteiger partial charge in [-0.3, -0.25) is 9.69 Å². The van der Waals surface area contributed by atoms with Gasteiger partial charge in [-0.05, 0) is 25.3 Å². The van der Waals surface area contributed by atoms with Crippen LogP contribution in [0.2, 0.25) is 0 Å². The number of likely N-dealkylation sites (tertiary alicyclic amines) is 1. The molecule has 2 bridgehead atoms. The number of hydrogen-bond donors (Lipinski definition) is 2. The van der Waals surface area contributed by atoms with E-state index in [9.17, 15) is 15.0 Å². The maximum absolute atomic E-state index is 11.5. The lowest BCUT2D eigenvalue weighted by Gasteiger charge is -2.37. The number of aliphatic carboxylic acids is 1. The molecule has 2 N–H and O–H groups in total. The number of rotatable bonds is 3. The zero-order chi connectivity index (χ0) is 13.6. The number of aliphatic hydroxyl groups excluding tert-OH is 1. The quantitative estimate of drug-likeness (QED) is 0.868. The summed E-state index contributed by atoms with van der Waals surface area (Å²) in [5.41, 5.74) is 1.11. The lowest BCUT2D eigenvalue weighted by atomic mass is 9.95. The number of carboxylic acids is 1. The van der Waals surface area contributed by atoms with Gasteiger partial charge in [-0.2, -0.15) is 0 Å². The SMILES string of the molecule is C[C@H](c1ccccc1)N1[C@@H]2CC[C@@H](C2O)[C@H]1C(=O)O. The van der Waals surface area contributed by atoms with Gasteiger partial charge in [0.1, 0.15) is 6.04 Å². The van der Waals surface area contributed by atoms with Crippen LogP contribution >= 0.6 is 0 Å². The van der Waals surface area contributed by atoms with Crippen molar-refractivity contribution in [3.05, 3.63) is 35.9 Å². The summed E-state index contributed by atoms with van der Waals surface area (Å²) < 4.78 is 0. The number of hydrogen-bond acceptors (Lipinski definition) is 3. The first-order valence-electron chi connectivity index (χ1n) is 6.84. The van der Waals surface area contributed by atoms with Crippen LogP contribution < -0.4 is 0 Å². The van der Waals surface area contributed by atoms with Crippen LogP contribution in [0.4, 0.5) is 0 Å². The molecule has 19 heavy (non-hydrogen) atoms. The molecule has 5 atom stereocenters. The van der Waals surface area contributed by atoms with E-state index in [-0.39, 0.29) is 18.0 Å². The van der Waals surface area contributed by atoms with E-state index >= 15 is 0 Å². The van der Waals surface area contributed by atoms with Gasteiger partial charge in [-0.15, -0.1) is 0 Å². The molecule has 1 unspecified atom stereocenters. The Morgan fingerprint density at radius 3 is 2.63 bits per heavy atom. The van der Waals surface area contributed by atoms with Gasteiger partial charge in [0.2, 0.25) is 0 Å². The fourth-order valence-corrected chi connectivity index (χ4v) is 3.83. The van der Waals surface area contributed by atoms with Crippen molar-refractivity contribution >= 4 is 5.97 Å². The van der Waals surface area contributed by atoms with Crippen molar-refractivity contribution in [3.8, 4) is 0 Å². The van der Waals surface area contributed by atoms with Crippen LogP contribution in [0.3, 0.4) is 0 Å². The molecule has 4 heteroatoms. The molecule has 0 aromatic heterocycles. The maximum atomic E-state index is 11.5. The summed E-state index contributed by atoms with van der Waals surface area (Å²) in [4.78, 5) is 13.5. The average molecular weight is 261 g/mol. The minimum atomic E-state index is -0.811. The van der Waals surface area contributed by atoms with E-state index < -0.39 is 18.1 Å². The van der Waals surface area contributed by atoms with Gasteiger partial charge >= 0.3 is 5.97 Å². The van der Waals surface area contributed by atoms with E-state index in [1.165, 1.54) is 0 Å². The van der Waals surface area contributed by atoms with Crippen molar-refractivity contribution in [2.24, 2.45) is 5.92 Å². The lowest BCUT2D eigenvalue weighted by Crippen LogP contribution is -2.47. The van der Waals surface area contributed by atoms with E-state index in [2.05, 4.69) is 0 Å².